The van der Waals surface area contributed by atoms with Crippen LogP contribution in [0.4, 0.5) is 0 Å². The maximum atomic E-state index is 11.4. The fraction of sp³-hybridized carbons (Fsp3) is 0.333. The normalized spacial score (nSPS) is 9.44. The maximum Gasteiger partial charge on any atom is 0.397 e. The molecule has 86 valence electrons. The lowest BCUT2D eigenvalue weighted by molar-refractivity contribution is 0.229. The Bertz CT molecular complexity index is 505. The van der Waals surface area contributed by atoms with E-state index in [0.29, 0.717) is 17.5 Å². The highest BCUT2D eigenvalue weighted by Crippen LogP contribution is 2.11. The van der Waals surface area contributed by atoms with Crippen molar-refractivity contribution < 1.29 is 9.15 Å². The van der Waals surface area contributed by atoms with E-state index in [1.165, 1.54) is 0 Å². The second-order valence-electron chi connectivity index (χ2n) is 2.72. The summed E-state index contributed by atoms with van der Waals surface area (Å²) in [5.74, 6) is 0. The molecule has 0 aliphatic carbocycles. The maximum absolute atomic E-state index is 11.4. The molecule has 0 saturated heterocycles. The second kappa shape index (κ2) is 5.90. The predicted octanol–water partition coefficient (Wildman–Crippen LogP) is 2.61. The summed E-state index contributed by atoms with van der Waals surface area (Å²) in [5.41, 5.74) is 0.172. The van der Waals surface area contributed by atoms with Gasteiger partial charge in [-0.1, -0.05) is 26.0 Å². The highest BCUT2D eigenvalue weighted by molar-refractivity contribution is 5.76. The smallest absolute Gasteiger partial charge is 0.397 e. The number of ether oxygens (including phenoxy) is 1. The molecule has 0 aliphatic heterocycles. The van der Waals surface area contributed by atoms with E-state index < -0.39 is 5.63 Å². The van der Waals surface area contributed by atoms with Crippen LogP contribution in [0.15, 0.2) is 33.5 Å². The number of benzene rings is 1. The van der Waals surface area contributed by atoms with Crippen LogP contribution in [0, 0.1) is 0 Å². The number of hydrogen-bond donors (Lipinski definition) is 0. The van der Waals surface area contributed by atoms with Crippen molar-refractivity contribution in [1.82, 2.24) is 4.98 Å². The Hall–Kier alpha value is -1.84. The molecule has 0 atom stereocenters. The molecule has 0 radical (unpaired) electrons. The second-order valence-corrected chi connectivity index (χ2v) is 2.72. The monoisotopic (exact) mass is 221 g/mol. The minimum absolute atomic E-state index is 0.0243. The topological polar surface area (TPSA) is 52.3 Å². The van der Waals surface area contributed by atoms with E-state index >= 15 is 0 Å². The Balaban J connectivity index is 0.000000606. The highest BCUT2D eigenvalue weighted by atomic mass is 16.6. The van der Waals surface area contributed by atoms with Crippen LogP contribution in [-0.2, 0) is 0 Å². The SMILES string of the molecule is CC.CCOc1nc2ccccc2c(=O)o1. The summed E-state index contributed by atoms with van der Waals surface area (Å²) in [5, 5.41) is 0.468. The Kier molecular flexibility index (Phi) is 4.51. The standard InChI is InChI=1S/C10H9NO3.C2H6/c1-2-13-10-11-8-6-4-3-5-7(8)9(12)14-10;1-2/h3-6H,2H2,1H3;1-2H3. The molecular weight excluding hydrogens is 206 g/mol. The molecule has 0 saturated carbocycles. The van der Waals surface area contributed by atoms with Crippen LogP contribution in [0.1, 0.15) is 20.8 Å². The number of rotatable bonds is 2. The van der Waals surface area contributed by atoms with Crippen molar-refractivity contribution in [2.45, 2.75) is 20.8 Å². The van der Waals surface area contributed by atoms with Gasteiger partial charge in [0.1, 0.15) is 0 Å². The van der Waals surface area contributed by atoms with Gasteiger partial charge in [-0.15, -0.1) is 0 Å². The lowest BCUT2D eigenvalue weighted by atomic mass is 10.2. The minimum Gasteiger partial charge on any atom is -0.450 e. The number of hydrogen-bond acceptors (Lipinski definition) is 4. The molecule has 1 aromatic carbocycles. The highest BCUT2D eigenvalue weighted by Gasteiger charge is 2.04. The van der Waals surface area contributed by atoms with Gasteiger partial charge in [0, 0.05) is 0 Å². The van der Waals surface area contributed by atoms with E-state index in [-0.39, 0.29) is 6.08 Å². The first-order valence-electron chi connectivity index (χ1n) is 5.34. The Labute approximate surface area is 93.9 Å². The number of para-hydroxylation sites is 1. The molecule has 2 rings (SSSR count). The quantitative estimate of drug-likeness (QED) is 0.782. The van der Waals surface area contributed by atoms with Crippen molar-refractivity contribution in [2.24, 2.45) is 0 Å². The molecule has 0 bridgehead atoms. The van der Waals surface area contributed by atoms with E-state index in [4.69, 9.17) is 9.15 Å². The van der Waals surface area contributed by atoms with Crippen molar-refractivity contribution in [3.05, 3.63) is 34.7 Å². The summed E-state index contributed by atoms with van der Waals surface area (Å²) in [6.07, 6.45) is 0.0243. The summed E-state index contributed by atoms with van der Waals surface area (Å²) >= 11 is 0. The van der Waals surface area contributed by atoms with Crippen LogP contribution in [-0.4, -0.2) is 11.6 Å². The molecule has 0 unspecified atom stereocenters. The van der Waals surface area contributed by atoms with Gasteiger partial charge in [0.05, 0.1) is 17.5 Å². The molecule has 0 amide bonds. The van der Waals surface area contributed by atoms with Crippen LogP contribution >= 0.6 is 0 Å². The van der Waals surface area contributed by atoms with Crippen molar-refractivity contribution in [3.8, 4) is 6.08 Å². The van der Waals surface area contributed by atoms with Crippen molar-refractivity contribution in [1.29, 1.82) is 0 Å². The van der Waals surface area contributed by atoms with Gasteiger partial charge in [-0.05, 0) is 19.1 Å². The Morgan fingerprint density at radius 1 is 1.31 bits per heavy atom. The zero-order valence-electron chi connectivity index (χ0n) is 9.69. The third-order valence-corrected chi connectivity index (χ3v) is 1.78. The number of aromatic nitrogens is 1. The van der Waals surface area contributed by atoms with Gasteiger partial charge in [0.25, 0.3) is 0 Å². The van der Waals surface area contributed by atoms with Gasteiger partial charge in [-0.3, -0.25) is 0 Å². The zero-order valence-corrected chi connectivity index (χ0v) is 9.69. The number of nitrogens with zero attached hydrogens (tertiary/aromatic N) is 1. The summed E-state index contributed by atoms with van der Waals surface area (Å²) in [6.45, 7) is 6.23. The van der Waals surface area contributed by atoms with Crippen molar-refractivity contribution >= 4 is 10.9 Å². The molecule has 1 heterocycles. The van der Waals surface area contributed by atoms with Crippen LogP contribution in [0.5, 0.6) is 6.08 Å². The van der Waals surface area contributed by atoms with Crippen LogP contribution in [0.2, 0.25) is 0 Å². The third kappa shape index (κ3) is 2.59. The van der Waals surface area contributed by atoms with Gasteiger partial charge in [-0.2, -0.15) is 4.98 Å². The van der Waals surface area contributed by atoms with Gasteiger partial charge >= 0.3 is 11.7 Å². The van der Waals surface area contributed by atoms with E-state index in [1.807, 2.05) is 19.9 Å². The third-order valence-electron chi connectivity index (χ3n) is 1.78. The van der Waals surface area contributed by atoms with Crippen molar-refractivity contribution in [3.63, 3.8) is 0 Å². The van der Waals surface area contributed by atoms with Crippen LogP contribution in [0.3, 0.4) is 0 Å². The lowest BCUT2D eigenvalue weighted by Crippen LogP contribution is -2.04. The average molecular weight is 221 g/mol. The zero-order chi connectivity index (χ0) is 12.0. The first-order valence-corrected chi connectivity index (χ1v) is 5.34. The summed E-state index contributed by atoms with van der Waals surface area (Å²) < 4.78 is 9.86. The average Bonchev–Trinajstić information content (AvgIpc) is 2.32. The van der Waals surface area contributed by atoms with Gasteiger partial charge in [-0.25, -0.2) is 4.79 Å². The Morgan fingerprint density at radius 2 is 2.00 bits per heavy atom. The van der Waals surface area contributed by atoms with E-state index in [9.17, 15) is 4.79 Å². The molecule has 0 aliphatic rings. The van der Waals surface area contributed by atoms with Gasteiger partial charge in [0.15, 0.2) is 0 Å². The van der Waals surface area contributed by atoms with E-state index in [1.54, 1.807) is 25.1 Å². The minimum atomic E-state index is -0.418. The summed E-state index contributed by atoms with van der Waals surface area (Å²) in [4.78, 5) is 15.4. The van der Waals surface area contributed by atoms with Gasteiger partial charge < -0.3 is 9.15 Å². The fourth-order valence-corrected chi connectivity index (χ4v) is 1.18. The molecule has 4 nitrogen and oxygen atoms in total. The number of fused-ring (bicyclic) bond motifs is 1. The molecule has 0 N–H and O–H groups in total. The van der Waals surface area contributed by atoms with Crippen molar-refractivity contribution in [2.75, 3.05) is 6.61 Å². The molecule has 2 aromatic rings. The Morgan fingerprint density at radius 3 is 2.69 bits per heavy atom. The molecule has 4 heteroatoms. The van der Waals surface area contributed by atoms with Gasteiger partial charge in [0.2, 0.25) is 0 Å². The first-order chi connectivity index (χ1) is 7.81. The fourth-order valence-electron chi connectivity index (χ4n) is 1.18. The molecule has 0 spiro atoms. The molecule has 0 fully saturated rings. The van der Waals surface area contributed by atoms with Crippen LogP contribution in [0.25, 0.3) is 10.9 Å². The first kappa shape index (κ1) is 12.2. The largest absolute Gasteiger partial charge is 0.450 e. The van der Waals surface area contributed by atoms with E-state index in [2.05, 4.69) is 4.98 Å². The summed E-state index contributed by atoms with van der Waals surface area (Å²) in [6, 6.07) is 6.99. The predicted molar refractivity (Wildman–Crippen MR) is 62.8 cm³/mol. The summed E-state index contributed by atoms with van der Waals surface area (Å²) in [7, 11) is 0. The van der Waals surface area contributed by atoms with Crippen LogP contribution < -0.4 is 10.4 Å². The lowest BCUT2D eigenvalue weighted by Gasteiger charge is -2.00. The van der Waals surface area contributed by atoms with E-state index in [0.717, 1.165) is 0 Å². The molecule has 1 aromatic heterocycles. The molecule has 16 heavy (non-hydrogen) atoms. The molecular formula is C12H15NO3.